The number of fused-ring (bicyclic) bond motifs is 1. The zero-order valence-electron chi connectivity index (χ0n) is 12.5. The first-order valence-corrected chi connectivity index (χ1v) is 9.65. The van der Waals surface area contributed by atoms with Crippen molar-refractivity contribution in [1.82, 2.24) is 13.5 Å². The molecule has 0 aliphatic carbocycles. The molecule has 1 heterocycles. The summed E-state index contributed by atoms with van der Waals surface area (Å²) in [5.41, 5.74) is 1.15. The summed E-state index contributed by atoms with van der Waals surface area (Å²) in [7, 11) is -4.03. The predicted octanol–water partition coefficient (Wildman–Crippen LogP) is 1.50. The van der Waals surface area contributed by atoms with Crippen molar-refractivity contribution in [3.63, 3.8) is 0 Å². The maximum atomic E-state index is 12.8. The van der Waals surface area contributed by atoms with Crippen molar-refractivity contribution in [2.75, 3.05) is 0 Å². The number of carbonyl (C=O) groups is 1. The first-order chi connectivity index (χ1) is 11.9. The number of halogens is 1. The average molecular weight is 397 g/mol. The van der Waals surface area contributed by atoms with Gasteiger partial charge in [-0.15, -0.1) is 0 Å². The average Bonchev–Trinajstić information content (AvgIpc) is 3.02. The van der Waals surface area contributed by atoms with E-state index in [2.05, 4.69) is 13.5 Å². The highest BCUT2D eigenvalue weighted by Crippen LogP contribution is 2.25. The summed E-state index contributed by atoms with van der Waals surface area (Å²) in [5.74, 6) is -1.38. The number of carboxylic acids is 1. The molecule has 3 rings (SSSR count). The molecule has 0 radical (unpaired) electrons. The van der Waals surface area contributed by atoms with Crippen LogP contribution in [0, 0.1) is 0 Å². The summed E-state index contributed by atoms with van der Waals surface area (Å²) in [6.45, 7) is 0. The third-order valence-electron chi connectivity index (χ3n) is 3.48. The third-order valence-corrected chi connectivity index (χ3v) is 5.78. The molecule has 130 valence electrons. The lowest BCUT2D eigenvalue weighted by Gasteiger charge is -2.20. The van der Waals surface area contributed by atoms with Crippen LogP contribution in [0.1, 0.15) is 18.0 Å². The monoisotopic (exact) mass is 396 g/mol. The van der Waals surface area contributed by atoms with Crippen molar-refractivity contribution >= 4 is 50.4 Å². The second-order valence-electron chi connectivity index (χ2n) is 5.19. The van der Waals surface area contributed by atoms with Crippen LogP contribution in [0.2, 0.25) is 5.02 Å². The van der Waals surface area contributed by atoms with Crippen LogP contribution >= 0.6 is 23.3 Å². The highest BCUT2D eigenvalue weighted by Gasteiger charge is 2.24. The van der Waals surface area contributed by atoms with E-state index in [0.717, 1.165) is 11.7 Å². The van der Waals surface area contributed by atoms with Crippen molar-refractivity contribution in [3.8, 4) is 0 Å². The van der Waals surface area contributed by atoms with Gasteiger partial charge in [-0.3, -0.25) is 0 Å². The summed E-state index contributed by atoms with van der Waals surface area (Å²) in [5, 5.41) is 11.5. The van der Waals surface area contributed by atoms with E-state index >= 15 is 0 Å². The quantitative estimate of drug-likeness (QED) is 0.675. The van der Waals surface area contributed by atoms with Crippen LogP contribution in [-0.2, 0) is 14.8 Å². The molecule has 1 atom stereocenters. The zero-order valence-corrected chi connectivity index (χ0v) is 14.9. The highest BCUT2D eigenvalue weighted by molar-refractivity contribution is 7.89. The molecular formula is C15H11ClN3O4S2-. The van der Waals surface area contributed by atoms with Gasteiger partial charge in [0.25, 0.3) is 0 Å². The van der Waals surface area contributed by atoms with Gasteiger partial charge < -0.3 is 9.90 Å². The Hall–Kier alpha value is -2.07. The van der Waals surface area contributed by atoms with Crippen molar-refractivity contribution in [1.29, 1.82) is 0 Å². The lowest BCUT2D eigenvalue weighted by atomic mass is 10.1. The maximum absolute atomic E-state index is 12.8. The fourth-order valence-corrected chi connectivity index (χ4v) is 4.46. The van der Waals surface area contributed by atoms with Crippen LogP contribution in [0.3, 0.4) is 0 Å². The standard InChI is InChI=1S/C15H12ClN3O4S2/c16-10-6-4-9(5-7-10)12(8-14(20)21)19-25(22,23)13-3-1-2-11-15(13)18-24-17-11/h1-7,12,19H,8H2,(H,20,21)/p-1/t12-/m1/s1. The minimum absolute atomic E-state index is 0.0592. The molecule has 0 unspecified atom stereocenters. The topological polar surface area (TPSA) is 112 Å². The smallest absolute Gasteiger partial charge is 0.243 e. The summed E-state index contributed by atoms with van der Waals surface area (Å²) < 4.78 is 35.9. The Morgan fingerprint density at radius 3 is 2.60 bits per heavy atom. The number of sulfonamides is 1. The Balaban J connectivity index is 1.99. The fraction of sp³-hybridized carbons (Fsp3) is 0.133. The lowest BCUT2D eigenvalue weighted by molar-refractivity contribution is -0.306. The van der Waals surface area contributed by atoms with Crippen LogP contribution < -0.4 is 9.83 Å². The van der Waals surface area contributed by atoms with Crippen molar-refractivity contribution in [3.05, 3.63) is 53.1 Å². The summed E-state index contributed by atoms with van der Waals surface area (Å²) in [6, 6.07) is 9.81. The number of rotatable bonds is 6. The minimum atomic E-state index is -4.03. The van der Waals surface area contributed by atoms with Gasteiger partial charge in [-0.05, 0) is 29.8 Å². The number of carbonyl (C=O) groups excluding carboxylic acids is 1. The third kappa shape index (κ3) is 3.96. The summed E-state index contributed by atoms with van der Waals surface area (Å²) in [6.07, 6.45) is -0.522. The number of hydrogen-bond donors (Lipinski definition) is 1. The zero-order chi connectivity index (χ0) is 18.0. The Bertz CT molecular complexity index is 1020. The van der Waals surface area contributed by atoms with Crippen LogP contribution in [0.15, 0.2) is 47.4 Å². The Kier molecular flexibility index (Phi) is 5.00. The Morgan fingerprint density at radius 2 is 1.92 bits per heavy atom. The van der Waals surface area contributed by atoms with Gasteiger partial charge >= 0.3 is 0 Å². The number of aliphatic carboxylic acids is 1. The largest absolute Gasteiger partial charge is 0.550 e. The van der Waals surface area contributed by atoms with E-state index in [4.69, 9.17) is 11.6 Å². The predicted molar refractivity (Wildman–Crippen MR) is 91.6 cm³/mol. The van der Waals surface area contributed by atoms with Gasteiger partial charge in [0.2, 0.25) is 10.0 Å². The molecule has 0 bridgehead atoms. The molecule has 2 aromatic carbocycles. The molecule has 25 heavy (non-hydrogen) atoms. The van der Waals surface area contributed by atoms with Crippen LogP contribution in [0.4, 0.5) is 0 Å². The van der Waals surface area contributed by atoms with Crippen LogP contribution in [0.25, 0.3) is 11.0 Å². The van der Waals surface area contributed by atoms with Gasteiger partial charge in [0.05, 0.1) is 17.8 Å². The Morgan fingerprint density at radius 1 is 1.20 bits per heavy atom. The van der Waals surface area contributed by atoms with E-state index in [1.54, 1.807) is 36.4 Å². The van der Waals surface area contributed by atoms with Gasteiger partial charge in [-0.25, -0.2) is 13.1 Å². The van der Waals surface area contributed by atoms with Crippen LogP contribution in [0.5, 0.6) is 0 Å². The van der Waals surface area contributed by atoms with Gasteiger partial charge in [0.15, 0.2) is 0 Å². The van der Waals surface area contributed by atoms with Gasteiger partial charge in [-0.2, -0.15) is 8.75 Å². The molecule has 0 saturated carbocycles. The fourth-order valence-electron chi connectivity index (χ4n) is 2.34. The number of carboxylic acid groups (broad SMARTS) is 1. The lowest BCUT2D eigenvalue weighted by Crippen LogP contribution is -2.34. The van der Waals surface area contributed by atoms with E-state index in [9.17, 15) is 18.3 Å². The van der Waals surface area contributed by atoms with E-state index < -0.39 is 28.5 Å². The normalized spacial score (nSPS) is 13.0. The molecule has 10 heteroatoms. The van der Waals surface area contributed by atoms with E-state index in [-0.39, 0.29) is 10.4 Å². The molecular weight excluding hydrogens is 386 g/mol. The molecule has 0 aliphatic heterocycles. The first-order valence-electron chi connectivity index (χ1n) is 7.06. The summed E-state index contributed by atoms with van der Waals surface area (Å²) in [4.78, 5) is 11.0. The van der Waals surface area contributed by atoms with Crippen molar-refractivity contribution in [2.45, 2.75) is 17.4 Å². The molecule has 7 nitrogen and oxygen atoms in total. The van der Waals surface area contributed by atoms with Crippen molar-refractivity contribution in [2.24, 2.45) is 0 Å². The molecule has 0 spiro atoms. The van der Waals surface area contributed by atoms with Gasteiger partial charge in [0.1, 0.15) is 15.9 Å². The van der Waals surface area contributed by atoms with E-state index in [1.165, 1.54) is 6.07 Å². The summed E-state index contributed by atoms with van der Waals surface area (Å²) >= 11 is 6.72. The molecule has 3 aromatic rings. The maximum Gasteiger partial charge on any atom is 0.243 e. The van der Waals surface area contributed by atoms with Gasteiger partial charge in [-0.1, -0.05) is 29.8 Å². The minimum Gasteiger partial charge on any atom is -0.550 e. The van der Waals surface area contributed by atoms with E-state index in [0.29, 0.717) is 16.1 Å². The van der Waals surface area contributed by atoms with Gasteiger partial charge in [0, 0.05) is 17.4 Å². The molecule has 0 saturated heterocycles. The molecule has 1 aromatic heterocycles. The molecule has 0 amide bonds. The molecule has 0 fully saturated rings. The number of nitrogens with one attached hydrogen (secondary N) is 1. The number of benzene rings is 2. The first kappa shape index (κ1) is 17.7. The second-order valence-corrected chi connectivity index (χ2v) is 7.84. The SMILES string of the molecule is O=C([O-])C[C@@H](NS(=O)(=O)c1cccc2nsnc12)c1ccc(Cl)cc1. The Labute approximate surface area is 152 Å². The second kappa shape index (κ2) is 7.04. The van der Waals surface area contributed by atoms with Crippen molar-refractivity contribution < 1.29 is 18.3 Å². The number of aromatic nitrogens is 2. The van der Waals surface area contributed by atoms with Crippen LogP contribution in [-0.4, -0.2) is 23.1 Å². The molecule has 1 N–H and O–H groups in total. The number of hydrogen-bond acceptors (Lipinski definition) is 7. The molecule has 0 aliphatic rings. The number of nitrogens with zero attached hydrogens (tertiary/aromatic N) is 2. The highest BCUT2D eigenvalue weighted by atomic mass is 35.5. The van der Waals surface area contributed by atoms with E-state index in [1.807, 2.05) is 0 Å².